The van der Waals surface area contributed by atoms with E-state index < -0.39 is 5.92 Å². The Bertz CT molecular complexity index is 588. The fraction of sp³-hybridized carbons (Fsp3) is 0.444. The zero-order valence-electron chi connectivity index (χ0n) is 8.57. The molecule has 2 heterocycles. The van der Waals surface area contributed by atoms with E-state index in [4.69, 9.17) is 5.73 Å². The maximum Gasteiger partial charge on any atom is 0.252 e. The number of hydrogen-bond acceptors (Lipinski definition) is 4. The Morgan fingerprint density at radius 1 is 1.41 bits per heavy atom. The topological polar surface area (TPSA) is 69.6 Å². The highest BCUT2D eigenvalue weighted by molar-refractivity contribution is 14.1. The van der Waals surface area contributed by atoms with Crippen LogP contribution in [0.25, 0.3) is 11.0 Å². The molecule has 1 aliphatic rings. The Morgan fingerprint density at radius 2 is 2.12 bits per heavy atom. The fourth-order valence-corrected chi connectivity index (χ4v) is 2.76. The molecule has 0 spiro atoms. The van der Waals surface area contributed by atoms with Crippen LogP contribution in [0, 0.1) is 3.70 Å². The second-order valence-electron chi connectivity index (χ2n) is 4.11. The Labute approximate surface area is 109 Å². The molecule has 17 heavy (non-hydrogen) atoms. The van der Waals surface area contributed by atoms with Gasteiger partial charge in [-0.1, -0.05) is 0 Å². The van der Waals surface area contributed by atoms with Gasteiger partial charge in [0.05, 0.1) is 11.4 Å². The molecule has 0 aromatic carbocycles. The van der Waals surface area contributed by atoms with Gasteiger partial charge in [-0.3, -0.25) is 0 Å². The van der Waals surface area contributed by atoms with Gasteiger partial charge in [-0.25, -0.2) is 23.4 Å². The molecule has 3 rings (SSSR count). The molecule has 2 aromatic heterocycles. The van der Waals surface area contributed by atoms with E-state index in [1.165, 1.54) is 11.0 Å². The van der Waals surface area contributed by atoms with Crippen molar-refractivity contribution in [3.05, 3.63) is 10.0 Å². The molecule has 1 fully saturated rings. The number of nitrogens with zero attached hydrogens (tertiary/aromatic N) is 4. The summed E-state index contributed by atoms with van der Waals surface area (Å²) in [5.74, 6) is -2.25. The van der Waals surface area contributed by atoms with Crippen molar-refractivity contribution in [2.45, 2.75) is 24.8 Å². The van der Waals surface area contributed by atoms with Crippen molar-refractivity contribution >= 4 is 39.4 Å². The molecule has 0 bridgehead atoms. The third-order valence-electron chi connectivity index (χ3n) is 2.89. The largest absolute Gasteiger partial charge is 0.383 e. The summed E-state index contributed by atoms with van der Waals surface area (Å²) in [6.07, 6.45) is 0.941. The molecule has 5 nitrogen and oxygen atoms in total. The predicted molar refractivity (Wildman–Crippen MR) is 65.7 cm³/mol. The van der Waals surface area contributed by atoms with Crippen molar-refractivity contribution in [3.63, 3.8) is 0 Å². The first-order chi connectivity index (χ1) is 7.98. The summed E-state index contributed by atoms with van der Waals surface area (Å²) in [7, 11) is 0. The number of halogens is 3. The number of fused-ring (bicyclic) bond motifs is 1. The molecular formula is C9H8F2IN5. The molecular weight excluding hydrogens is 343 g/mol. The molecule has 90 valence electrons. The van der Waals surface area contributed by atoms with Gasteiger partial charge in [-0.15, -0.1) is 0 Å². The number of rotatable bonds is 1. The van der Waals surface area contributed by atoms with E-state index in [0.29, 0.717) is 20.6 Å². The lowest BCUT2D eigenvalue weighted by Gasteiger charge is -2.34. The van der Waals surface area contributed by atoms with E-state index in [9.17, 15) is 8.78 Å². The molecule has 1 saturated carbocycles. The maximum atomic E-state index is 12.9. The van der Waals surface area contributed by atoms with Crippen molar-refractivity contribution in [1.29, 1.82) is 0 Å². The van der Waals surface area contributed by atoms with Crippen molar-refractivity contribution in [1.82, 2.24) is 19.7 Å². The summed E-state index contributed by atoms with van der Waals surface area (Å²) in [5.41, 5.74) is 6.26. The van der Waals surface area contributed by atoms with Crippen LogP contribution in [-0.4, -0.2) is 25.7 Å². The van der Waals surface area contributed by atoms with E-state index in [2.05, 4.69) is 15.1 Å². The van der Waals surface area contributed by atoms with Crippen LogP contribution in [0.4, 0.5) is 14.6 Å². The first kappa shape index (κ1) is 11.1. The van der Waals surface area contributed by atoms with Crippen LogP contribution in [0.1, 0.15) is 18.9 Å². The van der Waals surface area contributed by atoms with Crippen LogP contribution in [0.15, 0.2) is 6.33 Å². The Kier molecular flexibility index (Phi) is 2.25. The van der Waals surface area contributed by atoms with E-state index in [-0.39, 0.29) is 18.9 Å². The SMILES string of the molecule is Nc1ncnc2c1c(I)nn2C1CC(F)(F)C1. The number of nitrogen functional groups attached to an aromatic ring is 1. The zero-order valence-corrected chi connectivity index (χ0v) is 10.7. The van der Waals surface area contributed by atoms with Crippen LogP contribution in [0.3, 0.4) is 0 Å². The van der Waals surface area contributed by atoms with Gasteiger partial charge in [0.25, 0.3) is 5.92 Å². The van der Waals surface area contributed by atoms with E-state index >= 15 is 0 Å². The Balaban J connectivity index is 2.10. The summed E-state index contributed by atoms with van der Waals surface area (Å²) in [5, 5.41) is 4.87. The molecule has 2 N–H and O–H groups in total. The minimum absolute atomic E-state index is 0.191. The molecule has 8 heteroatoms. The van der Waals surface area contributed by atoms with Gasteiger partial charge in [0, 0.05) is 12.8 Å². The van der Waals surface area contributed by atoms with Crippen molar-refractivity contribution in [2.24, 2.45) is 0 Å². The second-order valence-corrected chi connectivity index (χ2v) is 5.13. The number of aromatic nitrogens is 4. The first-order valence-corrected chi connectivity index (χ1v) is 6.08. The van der Waals surface area contributed by atoms with Gasteiger partial charge >= 0.3 is 0 Å². The Morgan fingerprint density at radius 3 is 2.76 bits per heavy atom. The lowest BCUT2D eigenvalue weighted by Crippen LogP contribution is -2.37. The molecule has 0 unspecified atom stereocenters. The van der Waals surface area contributed by atoms with Crippen LogP contribution in [0.5, 0.6) is 0 Å². The molecule has 0 radical (unpaired) electrons. The highest BCUT2D eigenvalue weighted by Gasteiger charge is 2.47. The average Bonchev–Trinajstić information content (AvgIpc) is 2.54. The zero-order chi connectivity index (χ0) is 12.2. The van der Waals surface area contributed by atoms with Gasteiger partial charge in [-0.2, -0.15) is 5.10 Å². The second kappa shape index (κ2) is 3.47. The summed E-state index contributed by atoms with van der Waals surface area (Å²) in [6, 6.07) is -0.301. The molecule has 2 aromatic rings. The number of alkyl halides is 2. The lowest BCUT2D eigenvalue weighted by molar-refractivity contribution is -0.106. The van der Waals surface area contributed by atoms with Gasteiger partial charge < -0.3 is 5.73 Å². The minimum atomic E-state index is -2.58. The first-order valence-electron chi connectivity index (χ1n) is 5.00. The van der Waals surface area contributed by atoms with Crippen LogP contribution < -0.4 is 5.73 Å². The number of hydrogen-bond donors (Lipinski definition) is 1. The number of nitrogens with two attached hydrogens (primary N) is 1. The van der Waals surface area contributed by atoms with Crippen LogP contribution in [-0.2, 0) is 0 Å². The summed E-state index contributed by atoms with van der Waals surface area (Å²) >= 11 is 2.01. The summed E-state index contributed by atoms with van der Waals surface area (Å²) in [6.45, 7) is 0. The van der Waals surface area contributed by atoms with E-state index in [0.717, 1.165) is 0 Å². The highest BCUT2D eigenvalue weighted by Crippen LogP contribution is 2.46. The summed E-state index contributed by atoms with van der Waals surface area (Å²) < 4.78 is 27.9. The third kappa shape index (κ3) is 1.65. The third-order valence-corrected chi connectivity index (χ3v) is 3.64. The molecule has 0 atom stereocenters. The molecule has 1 aliphatic carbocycles. The Hall–Kier alpha value is -1.06. The van der Waals surface area contributed by atoms with Crippen molar-refractivity contribution < 1.29 is 8.78 Å². The van der Waals surface area contributed by atoms with Crippen molar-refractivity contribution in [3.8, 4) is 0 Å². The predicted octanol–water partition coefficient (Wildman–Crippen LogP) is 1.98. The van der Waals surface area contributed by atoms with Crippen LogP contribution >= 0.6 is 22.6 Å². The van der Waals surface area contributed by atoms with Gasteiger partial charge in [0.1, 0.15) is 15.8 Å². The van der Waals surface area contributed by atoms with Crippen LogP contribution in [0.2, 0.25) is 0 Å². The van der Waals surface area contributed by atoms with E-state index in [1.54, 1.807) is 0 Å². The summed E-state index contributed by atoms with van der Waals surface area (Å²) in [4.78, 5) is 7.95. The van der Waals surface area contributed by atoms with Gasteiger partial charge in [0.2, 0.25) is 0 Å². The van der Waals surface area contributed by atoms with Crippen molar-refractivity contribution in [2.75, 3.05) is 5.73 Å². The molecule has 0 amide bonds. The average molecular weight is 351 g/mol. The number of anilines is 1. The monoisotopic (exact) mass is 351 g/mol. The maximum absolute atomic E-state index is 12.9. The smallest absolute Gasteiger partial charge is 0.252 e. The lowest BCUT2D eigenvalue weighted by atomic mass is 9.88. The standard InChI is InChI=1S/C9H8F2IN5/c10-9(11)1-4(2-9)17-8-5(6(12)16-17)7(13)14-3-15-8/h3-4H,1-2H2,(H2,13,14,15). The minimum Gasteiger partial charge on any atom is -0.383 e. The van der Waals surface area contributed by atoms with Gasteiger partial charge in [0.15, 0.2) is 5.65 Å². The van der Waals surface area contributed by atoms with Gasteiger partial charge in [-0.05, 0) is 22.6 Å². The highest BCUT2D eigenvalue weighted by atomic mass is 127. The molecule has 0 saturated heterocycles. The molecule has 0 aliphatic heterocycles. The quantitative estimate of drug-likeness (QED) is 0.798. The normalized spacial score (nSPS) is 19.5. The fourth-order valence-electron chi connectivity index (χ4n) is 2.01. The van der Waals surface area contributed by atoms with E-state index in [1.807, 2.05) is 22.6 Å².